The molecule has 1 unspecified atom stereocenters. The lowest BCUT2D eigenvalue weighted by atomic mass is 10.3. The number of hydrogen-bond donors (Lipinski definition) is 1. The summed E-state index contributed by atoms with van der Waals surface area (Å²) < 4.78 is 23.2. The van der Waals surface area contributed by atoms with Crippen molar-refractivity contribution in [3.05, 3.63) is 21.9 Å². The summed E-state index contributed by atoms with van der Waals surface area (Å²) in [6.45, 7) is 3.15. The maximum absolute atomic E-state index is 11.6. The molecule has 0 amide bonds. The fraction of sp³-hybridized carbons (Fsp3) is 0.556. The van der Waals surface area contributed by atoms with Gasteiger partial charge in [0.1, 0.15) is 0 Å². The van der Waals surface area contributed by atoms with Gasteiger partial charge in [0.25, 0.3) is 0 Å². The van der Waals surface area contributed by atoms with E-state index < -0.39 is 15.1 Å². The van der Waals surface area contributed by atoms with Crippen molar-refractivity contribution in [1.29, 1.82) is 0 Å². The van der Waals surface area contributed by atoms with E-state index in [1.165, 1.54) is 18.3 Å². The third-order valence-electron chi connectivity index (χ3n) is 2.02. The first-order valence-corrected chi connectivity index (χ1v) is 6.91. The second kappa shape index (κ2) is 4.42. The fourth-order valence-corrected chi connectivity index (χ4v) is 3.02. The summed E-state index contributed by atoms with van der Waals surface area (Å²) in [4.78, 5) is 1.10. The van der Waals surface area contributed by atoms with Crippen LogP contribution in [0.3, 0.4) is 0 Å². The normalized spacial score (nSPS) is 14.2. The van der Waals surface area contributed by atoms with Gasteiger partial charge in [-0.1, -0.05) is 0 Å². The second-order valence-electron chi connectivity index (χ2n) is 3.37. The molecule has 1 aromatic rings. The van der Waals surface area contributed by atoms with Crippen LogP contribution in [-0.4, -0.2) is 25.4 Å². The Bertz CT molecular complexity index is 392. The van der Waals surface area contributed by atoms with Crippen molar-refractivity contribution in [2.45, 2.75) is 24.9 Å². The maximum atomic E-state index is 11.6. The number of aliphatic hydroxyl groups is 1. The molecule has 1 heterocycles. The van der Waals surface area contributed by atoms with E-state index in [-0.39, 0.29) is 12.4 Å². The molecule has 14 heavy (non-hydrogen) atoms. The number of hydrogen-bond acceptors (Lipinski definition) is 4. The first-order valence-electron chi connectivity index (χ1n) is 4.32. The molecule has 1 N–H and O–H groups in total. The summed E-state index contributed by atoms with van der Waals surface area (Å²) in [5.74, 6) is 0.0269. The highest BCUT2D eigenvalue weighted by molar-refractivity contribution is 7.91. The second-order valence-corrected chi connectivity index (χ2v) is 6.90. The molecule has 0 saturated carbocycles. The van der Waals surface area contributed by atoms with Crippen LogP contribution in [0.5, 0.6) is 0 Å². The Balaban J connectivity index is 2.78. The Kier molecular flexibility index (Phi) is 3.69. The maximum Gasteiger partial charge on any atom is 0.159 e. The van der Waals surface area contributed by atoms with Gasteiger partial charge >= 0.3 is 0 Å². The Morgan fingerprint density at radius 1 is 1.57 bits per heavy atom. The minimum absolute atomic E-state index is 0.0269. The van der Waals surface area contributed by atoms with Gasteiger partial charge < -0.3 is 5.11 Å². The lowest BCUT2D eigenvalue weighted by Gasteiger charge is -2.08. The van der Waals surface area contributed by atoms with E-state index in [1.54, 1.807) is 0 Å². The van der Waals surface area contributed by atoms with Crippen LogP contribution in [0.15, 0.2) is 11.4 Å². The van der Waals surface area contributed by atoms with Crippen molar-refractivity contribution in [2.24, 2.45) is 0 Å². The molecule has 0 spiro atoms. The van der Waals surface area contributed by atoms with E-state index in [0.29, 0.717) is 0 Å². The largest absolute Gasteiger partial charge is 0.395 e. The minimum atomic E-state index is -3.19. The van der Waals surface area contributed by atoms with Crippen LogP contribution in [0.4, 0.5) is 0 Å². The molecular formula is C9H14O3S2. The summed E-state index contributed by atoms with van der Waals surface area (Å²) in [5.41, 5.74) is 0.813. The zero-order chi connectivity index (χ0) is 10.8. The monoisotopic (exact) mass is 234 g/mol. The standard InChI is InChI=1S/C9H14O3S2/c1-7-3-9(5-13-7)6-14(11,12)8(2)4-10/h3,5,8,10H,4,6H2,1-2H3. The summed E-state index contributed by atoms with van der Waals surface area (Å²) in [6.07, 6.45) is 0. The van der Waals surface area contributed by atoms with Crippen LogP contribution in [0, 0.1) is 6.92 Å². The van der Waals surface area contributed by atoms with Crippen molar-refractivity contribution in [2.75, 3.05) is 6.61 Å². The zero-order valence-corrected chi connectivity index (χ0v) is 9.86. The Hall–Kier alpha value is -0.390. The quantitative estimate of drug-likeness (QED) is 0.855. The molecule has 0 aromatic carbocycles. The highest BCUT2D eigenvalue weighted by atomic mass is 32.2. The summed E-state index contributed by atoms with van der Waals surface area (Å²) in [7, 11) is -3.19. The number of sulfone groups is 1. The molecule has 1 aromatic heterocycles. The van der Waals surface area contributed by atoms with Gasteiger partial charge in [-0.05, 0) is 30.9 Å². The van der Waals surface area contributed by atoms with Crippen LogP contribution in [0.1, 0.15) is 17.4 Å². The Morgan fingerprint density at radius 2 is 2.21 bits per heavy atom. The summed E-state index contributed by atoms with van der Waals surface area (Å²) in [6, 6.07) is 1.87. The van der Waals surface area contributed by atoms with Gasteiger partial charge in [-0.3, -0.25) is 0 Å². The van der Waals surface area contributed by atoms with E-state index in [1.807, 2.05) is 18.4 Å². The van der Waals surface area contributed by atoms with E-state index in [0.717, 1.165) is 10.4 Å². The summed E-state index contributed by atoms with van der Waals surface area (Å²) in [5, 5.41) is 9.94. The lowest BCUT2D eigenvalue weighted by Crippen LogP contribution is -2.22. The first-order chi connectivity index (χ1) is 6.45. The average molecular weight is 234 g/mol. The van der Waals surface area contributed by atoms with Crippen molar-refractivity contribution < 1.29 is 13.5 Å². The van der Waals surface area contributed by atoms with Gasteiger partial charge in [0, 0.05) is 4.88 Å². The molecule has 0 saturated heterocycles. The molecule has 3 nitrogen and oxygen atoms in total. The van der Waals surface area contributed by atoms with Gasteiger partial charge in [0.05, 0.1) is 17.6 Å². The van der Waals surface area contributed by atoms with Crippen molar-refractivity contribution in [3.63, 3.8) is 0 Å². The van der Waals surface area contributed by atoms with E-state index in [4.69, 9.17) is 5.11 Å². The fourth-order valence-electron chi connectivity index (χ4n) is 1.06. The Morgan fingerprint density at radius 3 is 2.64 bits per heavy atom. The van der Waals surface area contributed by atoms with Crippen molar-refractivity contribution in [3.8, 4) is 0 Å². The molecule has 5 heteroatoms. The topological polar surface area (TPSA) is 54.4 Å². The van der Waals surface area contributed by atoms with Gasteiger partial charge in [0.2, 0.25) is 0 Å². The number of aryl methyl sites for hydroxylation is 1. The molecule has 0 aliphatic rings. The van der Waals surface area contributed by atoms with Crippen molar-refractivity contribution in [1.82, 2.24) is 0 Å². The van der Waals surface area contributed by atoms with Crippen molar-refractivity contribution >= 4 is 21.2 Å². The predicted molar refractivity (Wildman–Crippen MR) is 58.2 cm³/mol. The summed E-state index contributed by atoms with van der Waals surface area (Å²) >= 11 is 1.54. The average Bonchev–Trinajstić information content (AvgIpc) is 2.48. The van der Waals surface area contributed by atoms with Gasteiger partial charge in [-0.15, -0.1) is 11.3 Å². The molecule has 1 atom stereocenters. The predicted octanol–water partition coefficient (Wildman–Crippen LogP) is 1.35. The van der Waals surface area contributed by atoms with E-state index >= 15 is 0 Å². The minimum Gasteiger partial charge on any atom is -0.395 e. The molecular weight excluding hydrogens is 220 g/mol. The van der Waals surface area contributed by atoms with Crippen LogP contribution in [0.2, 0.25) is 0 Å². The van der Waals surface area contributed by atoms with Gasteiger partial charge in [0.15, 0.2) is 9.84 Å². The van der Waals surface area contributed by atoms with Gasteiger partial charge in [-0.25, -0.2) is 8.42 Å². The SMILES string of the molecule is Cc1cc(CS(=O)(=O)C(C)CO)cs1. The molecule has 1 rings (SSSR count). The molecule has 0 radical (unpaired) electrons. The van der Waals surface area contributed by atoms with E-state index in [2.05, 4.69) is 0 Å². The smallest absolute Gasteiger partial charge is 0.159 e. The third kappa shape index (κ3) is 2.80. The highest BCUT2D eigenvalue weighted by Gasteiger charge is 2.20. The Labute approximate surface area is 88.3 Å². The van der Waals surface area contributed by atoms with E-state index in [9.17, 15) is 8.42 Å². The highest BCUT2D eigenvalue weighted by Crippen LogP contribution is 2.17. The number of rotatable bonds is 4. The number of aliphatic hydroxyl groups excluding tert-OH is 1. The van der Waals surface area contributed by atoms with Gasteiger partial charge in [-0.2, -0.15) is 0 Å². The molecule has 80 valence electrons. The zero-order valence-electron chi connectivity index (χ0n) is 8.23. The molecule has 0 bridgehead atoms. The number of thiophene rings is 1. The van der Waals surface area contributed by atoms with Crippen LogP contribution >= 0.6 is 11.3 Å². The first kappa shape index (κ1) is 11.7. The van der Waals surface area contributed by atoms with Crippen LogP contribution < -0.4 is 0 Å². The van der Waals surface area contributed by atoms with Crippen LogP contribution in [-0.2, 0) is 15.6 Å². The molecule has 0 aliphatic carbocycles. The molecule has 0 fully saturated rings. The molecule has 0 aliphatic heterocycles. The lowest BCUT2D eigenvalue weighted by molar-refractivity contribution is 0.295. The third-order valence-corrected chi connectivity index (χ3v) is 5.04. The van der Waals surface area contributed by atoms with Crippen LogP contribution in [0.25, 0.3) is 0 Å².